The van der Waals surface area contributed by atoms with Crippen LogP contribution in [0, 0.1) is 0 Å². The second-order valence-electron chi connectivity index (χ2n) is 3.97. The molecule has 0 heterocycles. The first-order chi connectivity index (χ1) is 6.66. The van der Waals surface area contributed by atoms with Gasteiger partial charge in [0.25, 0.3) is 0 Å². The Balaban J connectivity index is 2.27. The van der Waals surface area contributed by atoms with E-state index in [0.717, 1.165) is 24.8 Å². The third kappa shape index (κ3) is 1.86. The second-order valence-corrected chi connectivity index (χ2v) is 4.41. The van der Waals surface area contributed by atoms with Crippen LogP contribution in [0.4, 0.5) is 0 Å². The van der Waals surface area contributed by atoms with Gasteiger partial charge >= 0.3 is 0 Å². The van der Waals surface area contributed by atoms with Crippen LogP contribution in [0.15, 0.2) is 18.2 Å². The topological polar surface area (TPSA) is 46.2 Å². The molecular formula is C11H14ClNO. The molecule has 2 nitrogen and oxygen atoms in total. The van der Waals surface area contributed by atoms with Crippen molar-refractivity contribution in [3.05, 3.63) is 28.8 Å². The first-order valence-electron chi connectivity index (χ1n) is 4.91. The van der Waals surface area contributed by atoms with Gasteiger partial charge in [-0.25, -0.2) is 0 Å². The van der Waals surface area contributed by atoms with Crippen molar-refractivity contribution in [2.24, 2.45) is 5.73 Å². The molecule has 3 heteroatoms. The quantitative estimate of drug-likeness (QED) is 0.750. The third-order valence-electron chi connectivity index (χ3n) is 2.90. The Kier molecular flexibility index (Phi) is 2.66. The number of rotatable bonds is 1. The summed E-state index contributed by atoms with van der Waals surface area (Å²) in [6.45, 7) is 0. The molecule has 1 fully saturated rings. The Morgan fingerprint density at radius 3 is 2.79 bits per heavy atom. The molecule has 14 heavy (non-hydrogen) atoms. The second kappa shape index (κ2) is 3.79. The molecule has 0 aliphatic heterocycles. The number of benzene rings is 1. The highest BCUT2D eigenvalue weighted by Gasteiger charge is 2.25. The molecule has 0 saturated heterocycles. The maximum atomic E-state index is 9.68. The molecule has 0 spiro atoms. The van der Waals surface area contributed by atoms with Crippen molar-refractivity contribution in [1.29, 1.82) is 0 Å². The summed E-state index contributed by atoms with van der Waals surface area (Å²) < 4.78 is 0. The number of halogens is 1. The highest BCUT2D eigenvalue weighted by molar-refractivity contribution is 6.30. The Labute approximate surface area is 88.7 Å². The first-order valence-corrected chi connectivity index (χ1v) is 5.28. The Morgan fingerprint density at radius 2 is 2.14 bits per heavy atom. The number of aromatic hydroxyl groups is 1. The minimum absolute atomic E-state index is 0.276. The molecule has 2 unspecified atom stereocenters. The number of hydrogen-bond donors (Lipinski definition) is 2. The van der Waals surface area contributed by atoms with E-state index in [-0.39, 0.29) is 6.04 Å². The van der Waals surface area contributed by atoms with Crippen LogP contribution in [-0.4, -0.2) is 11.1 Å². The van der Waals surface area contributed by atoms with Gasteiger partial charge in [0.05, 0.1) is 0 Å². The predicted octanol–water partition coefficient (Wildman–Crippen LogP) is 2.64. The third-order valence-corrected chi connectivity index (χ3v) is 3.14. The first kappa shape index (κ1) is 9.81. The minimum atomic E-state index is 0.276. The van der Waals surface area contributed by atoms with Crippen molar-refractivity contribution in [3.63, 3.8) is 0 Å². The Bertz CT molecular complexity index is 340. The van der Waals surface area contributed by atoms with Crippen LogP contribution in [0.25, 0.3) is 0 Å². The van der Waals surface area contributed by atoms with Crippen LogP contribution in [0.3, 0.4) is 0 Å². The van der Waals surface area contributed by atoms with E-state index < -0.39 is 0 Å². The summed E-state index contributed by atoms with van der Waals surface area (Å²) in [4.78, 5) is 0. The normalized spacial score (nSPS) is 26.7. The van der Waals surface area contributed by atoms with Gasteiger partial charge in [-0.05, 0) is 48.9 Å². The SMILES string of the molecule is NC1CCC(c2cc(Cl)ccc2O)C1. The fourth-order valence-corrected chi connectivity index (χ4v) is 2.33. The number of phenolic OH excluding ortho intramolecular Hbond substituents is 1. The van der Waals surface area contributed by atoms with E-state index in [1.54, 1.807) is 12.1 Å². The summed E-state index contributed by atoms with van der Waals surface area (Å²) in [6, 6.07) is 5.48. The summed E-state index contributed by atoms with van der Waals surface area (Å²) in [5.41, 5.74) is 6.79. The van der Waals surface area contributed by atoms with Crippen molar-refractivity contribution in [1.82, 2.24) is 0 Å². The molecule has 0 bridgehead atoms. The van der Waals surface area contributed by atoms with Crippen LogP contribution in [0.1, 0.15) is 30.7 Å². The Morgan fingerprint density at radius 1 is 1.36 bits per heavy atom. The van der Waals surface area contributed by atoms with Crippen molar-refractivity contribution in [2.45, 2.75) is 31.2 Å². The van der Waals surface area contributed by atoms with Gasteiger partial charge in [-0.1, -0.05) is 11.6 Å². The van der Waals surface area contributed by atoms with Crippen molar-refractivity contribution in [3.8, 4) is 5.75 Å². The molecule has 1 aliphatic carbocycles. The number of hydrogen-bond acceptors (Lipinski definition) is 2. The zero-order valence-electron chi connectivity index (χ0n) is 7.91. The van der Waals surface area contributed by atoms with E-state index in [4.69, 9.17) is 17.3 Å². The van der Waals surface area contributed by atoms with Crippen LogP contribution in [0.2, 0.25) is 5.02 Å². The van der Waals surface area contributed by atoms with Gasteiger partial charge in [-0.2, -0.15) is 0 Å². The predicted molar refractivity (Wildman–Crippen MR) is 57.7 cm³/mol. The van der Waals surface area contributed by atoms with Gasteiger partial charge < -0.3 is 10.8 Å². The lowest BCUT2D eigenvalue weighted by Crippen LogP contribution is -2.14. The van der Waals surface area contributed by atoms with Gasteiger partial charge in [0.1, 0.15) is 5.75 Å². The summed E-state index contributed by atoms with van der Waals surface area (Å²) in [5.74, 6) is 0.720. The van der Waals surface area contributed by atoms with Crippen LogP contribution in [0.5, 0.6) is 5.75 Å². The summed E-state index contributed by atoms with van der Waals surface area (Å²) in [6.07, 6.45) is 3.04. The van der Waals surface area contributed by atoms with E-state index in [1.165, 1.54) is 0 Å². The minimum Gasteiger partial charge on any atom is -0.508 e. The van der Waals surface area contributed by atoms with Gasteiger partial charge in [0, 0.05) is 11.1 Å². The number of phenols is 1. The largest absolute Gasteiger partial charge is 0.508 e. The van der Waals surface area contributed by atoms with E-state index in [1.807, 2.05) is 6.07 Å². The van der Waals surface area contributed by atoms with Gasteiger partial charge in [0.2, 0.25) is 0 Å². The summed E-state index contributed by atoms with van der Waals surface area (Å²) in [7, 11) is 0. The summed E-state index contributed by atoms with van der Waals surface area (Å²) >= 11 is 5.89. The molecular weight excluding hydrogens is 198 g/mol. The molecule has 1 aromatic carbocycles. The molecule has 0 radical (unpaired) electrons. The molecule has 0 amide bonds. The van der Waals surface area contributed by atoms with Crippen molar-refractivity contribution < 1.29 is 5.11 Å². The Hall–Kier alpha value is -0.730. The molecule has 1 aliphatic rings. The van der Waals surface area contributed by atoms with Crippen molar-refractivity contribution >= 4 is 11.6 Å². The molecule has 0 aromatic heterocycles. The molecule has 2 atom stereocenters. The average Bonchev–Trinajstić information content (AvgIpc) is 2.56. The van der Waals surface area contributed by atoms with Crippen LogP contribution < -0.4 is 5.73 Å². The maximum Gasteiger partial charge on any atom is 0.119 e. The van der Waals surface area contributed by atoms with Gasteiger partial charge in [-0.3, -0.25) is 0 Å². The highest BCUT2D eigenvalue weighted by atomic mass is 35.5. The van der Waals surface area contributed by atoms with Crippen LogP contribution >= 0.6 is 11.6 Å². The number of nitrogens with two attached hydrogens (primary N) is 1. The van der Waals surface area contributed by atoms with Gasteiger partial charge in [0.15, 0.2) is 0 Å². The van der Waals surface area contributed by atoms with Crippen molar-refractivity contribution in [2.75, 3.05) is 0 Å². The van der Waals surface area contributed by atoms with Gasteiger partial charge in [-0.15, -0.1) is 0 Å². The fraction of sp³-hybridized carbons (Fsp3) is 0.455. The smallest absolute Gasteiger partial charge is 0.119 e. The summed E-state index contributed by atoms with van der Waals surface area (Å²) in [5, 5.41) is 10.4. The molecule has 1 saturated carbocycles. The molecule has 3 N–H and O–H groups in total. The highest BCUT2D eigenvalue weighted by Crippen LogP contribution is 2.38. The lowest BCUT2D eigenvalue weighted by Gasteiger charge is -2.12. The monoisotopic (exact) mass is 211 g/mol. The molecule has 76 valence electrons. The van der Waals surface area contributed by atoms with Crippen LogP contribution in [-0.2, 0) is 0 Å². The zero-order valence-corrected chi connectivity index (χ0v) is 8.67. The molecule has 1 aromatic rings. The fourth-order valence-electron chi connectivity index (χ4n) is 2.15. The maximum absolute atomic E-state index is 9.68. The van der Waals surface area contributed by atoms with E-state index in [2.05, 4.69) is 0 Å². The molecule has 2 rings (SSSR count). The van der Waals surface area contributed by atoms with E-state index in [9.17, 15) is 5.11 Å². The zero-order chi connectivity index (χ0) is 10.1. The average molecular weight is 212 g/mol. The lowest BCUT2D eigenvalue weighted by atomic mass is 9.96. The lowest BCUT2D eigenvalue weighted by molar-refractivity contribution is 0.460. The van der Waals surface area contributed by atoms with E-state index >= 15 is 0 Å². The standard InChI is InChI=1S/C11H14ClNO/c12-8-2-4-11(14)10(6-8)7-1-3-9(13)5-7/h2,4,6-7,9,14H,1,3,5,13H2. The van der Waals surface area contributed by atoms with E-state index in [0.29, 0.717) is 16.7 Å².